The number of hydrogen-bond donors (Lipinski definition) is 1. The van der Waals surface area contributed by atoms with Gasteiger partial charge in [0.15, 0.2) is 0 Å². The zero-order chi connectivity index (χ0) is 11.2. The second kappa shape index (κ2) is 5.85. The van der Waals surface area contributed by atoms with Gasteiger partial charge in [-0.3, -0.25) is 0 Å². The Bertz CT molecular complexity index is 162. The summed E-state index contributed by atoms with van der Waals surface area (Å²) in [5.41, 5.74) is 5.63. The van der Waals surface area contributed by atoms with Crippen molar-refractivity contribution in [3.8, 4) is 0 Å². The highest BCUT2D eigenvalue weighted by atomic mass is 28.4. The van der Waals surface area contributed by atoms with Crippen LogP contribution in [0.5, 0.6) is 0 Å². The van der Waals surface area contributed by atoms with Crippen LogP contribution in [0.15, 0.2) is 0 Å². The molecule has 0 aliphatic rings. The molecular weight excluding hydrogens is 194 g/mol. The average Bonchev–Trinajstić information content (AvgIpc) is 2.18. The molecule has 0 heterocycles. The summed E-state index contributed by atoms with van der Waals surface area (Å²) in [6.45, 7) is 8.34. The summed E-state index contributed by atoms with van der Waals surface area (Å²) in [6.07, 6.45) is 2.75. The molecule has 14 heavy (non-hydrogen) atoms. The van der Waals surface area contributed by atoms with E-state index in [1.165, 1.54) is 0 Å². The van der Waals surface area contributed by atoms with Crippen molar-refractivity contribution < 1.29 is 8.85 Å². The summed E-state index contributed by atoms with van der Waals surface area (Å²) in [6, 6.07) is 1.00. The van der Waals surface area contributed by atoms with Gasteiger partial charge in [-0.15, -0.1) is 0 Å². The van der Waals surface area contributed by atoms with Gasteiger partial charge in [-0.1, -0.05) is 27.2 Å². The molecule has 2 N–H and O–H groups in total. The Hall–Kier alpha value is 0.0969. The molecule has 0 fully saturated rings. The van der Waals surface area contributed by atoms with Crippen molar-refractivity contribution in [3.63, 3.8) is 0 Å². The van der Waals surface area contributed by atoms with Gasteiger partial charge in [0, 0.05) is 7.11 Å². The summed E-state index contributed by atoms with van der Waals surface area (Å²) >= 11 is 0. The molecule has 0 bridgehead atoms. The lowest BCUT2D eigenvalue weighted by Crippen LogP contribution is -2.52. The summed E-state index contributed by atoms with van der Waals surface area (Å²) in [7, 11) is -0.296. The van der Waals surface area contributed by atoms with Gasteiger partial charge in [-0.25, -0.2) is 0 Å². The molecule has 0 amide bonds. The first-order valence-corrected chi connectivity index (χ1v) is 8.01. The molecule has 0 aromatic heterocycles. The second-order valence-electron chi connectivity index (χ2n) is 3.96. The smallest absolute Gasteiger partial charge is 0.336 e. The van der Waals surface area contributed by atoms with Crippen molar-refractivity contribution in [2.45, 2.75) is 58.3 Å². The monoisotopic (exact) mass is 219 g/mol. The zero-order valence-corrected chi connectivity index (χ0v) is 11.2. The van der Waals surface area contributed by atoms with E-state index in [1.54, 1.807) is 7.11 Å². The molecule has 1 atom stereocenters. The topological polar surface area (TPSA) is 44.5 Å². The average molecular weight is 219 g/mol. The molecule has 0 saturated heterocycles. The minimum Gasteiger partial charge on any atom is -0.398 e. The molecule has 3 nitrogen and oxygen atoms in total. The first kappa shape index (κ1) is 14.1. The molecule has 0 aliphatic heterocycles. The fourth-order valence-corrected chi connectivity index (χ4v) is 3.92. The molecule has 0 aliphatic carbocycles. The van der Waals surface area contributed by atoms with Crippen LogP contribution >= 0.6 is 0 Å². The van der Waals surface area contributed by atoms with Crippen molar-refractivity contribution >= 4 is 8.56 Å². The van der Waals surface area contributed by atoms with E-state index in [4.69, 9.17) is 14.6 Å². The van der Waals surface area contributed by atoms with Crippen LogP contribution in [0, 0.1) is 0 Å². The van der Waals surface area contributed by atoms with Gasteiger partial charge in [-0.2, -0.15) is 0 Å². The van der Waals surface area contributed by atoms with E-state index in [0.29, 0.717) is 0 Å². The van der Waals surface area contributed by atoms with Crippen molar-refractivity contribution in [1.29, 1.82) is 0 Å². The molecule has 0 saturated carbocycles. The predicted octanol–water partition coefficient (Wildman–Crippen LogP) is 2.61. The van der Waals surface area contributed by atoms with Gasteiger partial charge >= 0.3 is 8.56 Å². The van der Waals surface area contributed by atoms with Gasteiger partial charge in [0.05, 0.1) is 0 Å². The van der Waals surface area contributed by atoms with Crippen molar-refractivity contribution in [3.05, 3.63) is 0 Å². The third-order valence-corrected chi connectivity index (χ3v) is 5.86. The first-order valence-electron chi connectivity index (χ1n) is 5.49. The molecule has 1 unspecified atom stereocenters. The minimum atomic E-state index is -2.03. The summed E-state index contributed by atoms with van der Waals surface area (Å²) in [4.78, 5) is 0. The normalized spacial score (nSPS) is 16.7. The Labute approximate surface area is 89.2 Å². The highest BCUT2D eigenvalue weighted by Crippen LogP contribution is 2.24. The highest BCUT2D eigenvalue weighted by Gasteiger charge is 2.37. The van der Waals surface area contributed by atoms with Gasteiger partial charge in [0.2, 0.25) is 0 Å². The van der Waals surface area contributed by atoms with Gasteiger partial charge in [0.1, 0.15) is 5.72 Å². The summed E-state index contributed by atoms with van der Waals surface area (Å²) in [5, 5.41) is 0. The predicted molar refractivity (Wildman–Crippen MR) is 62.3 cm³/mol. The maximum Gasteiger partial charge on any atom is 0.336 e. The highest BCUT2D eigenvalue weighted by molar-refractivity contribution is 6.66. The second-order valence-corrected chi connectivity index (χ2v) is 7.34. The number of nitrogens with two attached hydrogens (primary N) is 1. The van der Waals surface area contributed by atoms with E-state index in [0.717, 1.165) is 25.3 Å². The fourth-order valence-electron chi connectivity index (χ4n) is 1.47. The zero-order valence-electron chi connectivity index (χ0n) is 10.2. The largest absolute Gasteiger partial charge is 0.398 e. The molecule has 0 rings (SSSR count). The maximum atomic E-state index is 6.12. The van der Waals surface area contributed by atoms with Crippen LogP contribution < -0.4 is 5.73 Å². The minimum absolute atomic E-state index is 0.494. The van der Waals surface area contributed by atoms with Gasteiger partial charge in [0.25, 0.3) is 0 Å². The van der Waals surface area contributed by atoms with E-state index in [2.05, 4.69) is 27.3 Å². The lowest BCUT2D eigenvalue weighted by molar-refractivity contribution is 0.0258. The molecule has 0 aromatic rings. The SMILES string of the molecule is CCC[Si](C)(OC)OC(N)(CC)CC. The number of rotatable bonds is 7. The van der Waals surface area contributed by atoms with Crippen molar-refractivity contribution in [1.82, 2.24) is 0 Å². The van der Waals surface area contributed by atoms with Crippen LogP contribution in [0.4, 0.5) is 0 Å². The Morgan fingerprint density at radius 1 is 1.21 bits per heavy atom. The first-order chi connectivity index (χ1) is 6.45. The van der Waals surface area contributed by atoms with E-state index in [9.17, 15) is 0 Å². The van der Waals surface area contributed by atoms with Crippen LogP contribution in [0.3, 0.4) is 0 Å². The van der Waals surface area contributed by atoms with Gasteiger partial charge in [-0.05, 0) is 25.4 Å². The van der Waals surface area contributed by atoms with Crippen LogP contribution in [0.25, 0.3) is 0 Å². The maximum absolute atomic E-state index is 6.12. The molecule has 0 aromatic carbocycles. The van der Waals surface area contributed by atoms with Gasteiger partial charge < -0.3 is 14.6 Å². The third-order valence-electron chi connectivity index (χ3n) is 2.75. The third kappa shape index (κ3) is 4.08. The molecule has 86 valence electrons. The Balaban J connectivity index is 4.41. The van der Waals surface area contributed by atoms with Crippen LogP contribution in [0.2, 0.25) is 12.6 Å². The number of hydrogen-bond acceptors (Lipinski definition) is 3. The Kier molecular flexibility index (Phi) is 5.89. The fraction of sp³-hybridized carbons (Fsp3) is 1.00. The quantitative estimate of drug-likeness (QED) is 0.529. The van der Waals surface area contributed by atoms with E-state index in [1.807, 2.05) is 0 Å². The van der Waals surface area contributed by atoms with Crippen LogP contribution in [-0.2, 0) is 8.85 Å². The lowest BCUT2D eigenvalue weighted by Gasteiger charge is -2.36. The molecule has 4 heteroatoms. The summed E-state index contributed by atoms with van der Waals surface area (Å²) < 4.78 is 11.5. The van der Waals surface area contributed by atoms with Crippen molar-refractivity contribution in [2.24, 2.45) is 5.73 Å². The van der Waals surface area contributed by atoms with E-state index < -0.39 is 14.3 Å². The van der Waals surface area contributed by atoms with Crippen molar-refractivity contribution in [2.75, 3.05) is 7.11 Å². The van der Waals surface area contributed by atoms with E-state index in [-0.39, 0.29) is 0 Å². The Morgan fingerprint density at radius 3 is 2.00 bits per heavy atom. The van der Waals surface area contributed by atoms with Crippen LogP contribution in [0.1, 0.15) is 40.0 Å². The van der Waals surface area contributed by atoms with Crippen LogP contribution in [-0.4, -0.2) is 21.4 Å². The Morgan fingerprint density at radius 2 is 1.71 bits per heavy atom. The molecule has 0 spiro atoms. The molecule has 0 radical (unpaired) electrons. The van der Waals surface area contributed by atoms with E-state index >= 15 is 0 Å². The molecular formula is C10H25NO2Si. The lowest BCUT2D eigenvalue weighted by atomic mass is 10.1. The summed E-state index contributed by atoms with van der Waals surface area (Å²) in [5.74, 6) is 0. The standard InChI is InChI=1S/C10H25NO2Si/c1-6-9-14(5,12-4)13-10(11,7-2)8-3/h6-9,11H2,1-5H3.